The van der Waals surface area contributed by atoms with Crippen molar-refractivity contribution in [3.05, 3.63) is 42.6 Å². The van der Waals surface area contributed by atoms with E-state index >= 15 is 0 Å². The first kappa shape index (κ1) is 8.84. The normalized spacial score (nSPS) is 10.5. The third kappa shape index (κ3) is 1.48. The maximum Gasteiger partial charge on any atom is 0.219 e. The van der Waals surface area contributed by atoms with Gasteiger partial charge in [0.05, 0.1) is 0 Å². The Bertz CT molecular complexity index is 607. The summed E-state index contributed by atoms with van der Waals surface area (Å²) in [6.45, 7) is 0. The fraction of sp³-hybridized carbons (Fsp3) is 0. The van der Waals surface area contributed by atoms with Gasteiger partial charge >= 0.3 is 0 Å². The summed E-state index contributed by atoms with van der Waals surface area (Å²) in [4.78, 5) is 4.06. The average molecular weight is 213 g/mol. The Hall–Kier alpha value is -2.43. The summed E-state index contributed by atoms with van der Waals surface area (Å²) < 4.78 is 10.2. The number of hydrogen-bond donors (Lipinski definition) is 0. The SMILES string of the molecule is c1ccc(Oc2cccc3nonc23)nc1. The Balaban J connectivity index is 2.04. The molecule has 78 valence electrons. The summed E-state index contributed by atoms with van der Waals surface area (Å²) in [7, 11) is 0. The zero-order valence-corrected chi connectivity index (χ0v) is 8.20. The largest absolute Gasteiger partial charge is 0.437 e. The highest BCUT2D eigenvalue weighted by molar-refractivity contribution is 5.80. The van der Waals surface area contributed by atoms with E-state index in [4.69, 9.17) is 4.74 Å². The zero-order chi connectivity index (χ0) is 10.8. The van der Waals surface area contributed by atoms with Crippen LogP contribution in [0.2, 0.25) is 0 Å². The van der Waals surface area contributed by atoms with Crippen LogP contribution in [0.5, 0.6) is 11.6 Å². The fourth-order valence-electron chi connectivity index (χ4n) is 1.38. The second-order valence-corrected chi connectivity index (χ2v) is 3.16. The zero-order valence-electron chi connectivity index (χ0n) is 8.20. The van der Waals surface area contributed by atoms with E-state index < -0.39 is 0 Å². The van der Waals surface area contributed by atoms with Gasteiger partial charge in [0.2, 0.25) is 5.88 Å². The number of ether oxygens (including phenoxy) is 1. The van der Waals surface area contributed by atoms with E-state index in [9.17, 15) is 0 Å². The summed E-state index contributed by atoms with van der Waals surface area (Å²) in [6, 6.07) is 10.9. The number of hydrogen-bond acceptors (Lipinski definition) is 5. The molecule has 2 aromatic heterocycles. The number of nitrogens with zero attached hydrogens (tertiary/aromatic N) is 3. The second kappa shape index (κ2) is 3.62. The molecule has 5 heteroatoms. The topological polar surface area (TPSA) is 61.0 Å². The molecule has 0 aliphatic carbocycles. The van der Waals surface area contributed by atoms with Crippen molar-refractivity contribution in [2.24, 2.45) is 0 Å². The van der Waals surface area contributed by atoms with E-state index in [0.29, 0.717) is 22.7 Å². The van der Waals surface area contributed by atoms with Crippen molar-refractivity contribution >= 4 is 11.0 Å². The van der Waals surface area contributed by atoms with E-state index in [1.807, 2.05) is 18.2 Å². The highest BCUT2D eigenvalue weighted by Gasteiger charge is 2.08. The molecular formula is C11H7N3O2. The lowest BCUT2D eigenvalue weighted by atomic mass is 10.3. The molecule has 0 saturated carbocycles. The van der Waals surface area contributed by atoms with E-state index in [1.54, 1.807) is 24.4 Å². The molecule has 0 saturated heterocycles. The van der Waals surface area contributed by atoms with Gasteiger partial charge in [-0.15, -0.1) is 0 Å². The van der Waals surface area contributed by atoms with Crippen molar-refractivity contribution in [1.82, 2.24) is 15.3 Å². The number of pyridine rings is 1. The van der Waals surface area contributed by atoms with Gasteiger partial charge < -0.3 is 4.74 Å². The van der Waals surface area contributed by atoms with Gasteiger partial charge in [-0.1, -0.05) is 12.1 Å². The molecule has 1 aromatic carbocycles. The first-order valence-corrected chi connectivity index (χ1v) is 4.74. The Morgan fingerprint density at radius 1 is 1.00 bits per heavy atom. The third-order valence-electron chi connectivity index (χ3n) is 2.10. The van der Waals surface area contributed by atoms with Crippen LogP contribution in [0.1, 0.15) is 0 Å². The maximum atomic E-state index is 5.58. The summed E-state index contributed by atoms with van der Waals surface area (Å²) in [5.41, 5.74) is 1.25. The minimum Gasteiger partial charge on any atom is -0.437 e. The lowest BCUT2D eigenvalue weighted by Gasteiger charge is -2.02. The molecule has 0 N–H and O–H groups in total. The molecule has 0 amide bonds. The molecule has 3 aromatic rings. The Morgan fingerprint density at radius 3 is 2.88 bits per heavy atom. The van der Waals surface area contributed by atoms with Crippen molar-refractivity contribution < 1.29 is 9.37 Å². The van der Waals surface area contributed by atoms with Crippen LogP contribution < -0.4 is 4.74 Å². The molecule has 3 rings (SSSR count). The highest BCUT2D eigenvalue weighted by atomic mass is 16.6. The second-order valence-electron chi connectivity index (χ2n) is 3.16. The van der Waals surface area contributed by atoms with Crippen LogP contribution >= 0.6 is 0 Å². The molecule has 5 nitrogen and oxygen atoms in total. The number of aromatic nitrogens is 3. The highest BCUT2D eigenvalue weighted by Crippen LogP contribution is 2.26. The third-order valence-corrected chi connectivity index (χ3v) is 2.10. The van der Waals surface area contributed by atoms with Crippen LogP contribution in [0, 0.1) is 0 Å². The maximum absolute atomic E-state index is 5.58. The number of benzene rings is 1. The summed E-state index contributed by atoms with van der Waals surface area (Å²) in [5, 5.41) is 7.51. The van der Waals surface area contributed by atoms with Crippen LogP contribution in [0.3, 0.4) is 0 Å². The average Bonchev–Trinajstić information content (AvgIpc) is 2.80. The predicted octanol–water partition coefficient (Wildman–Crippen LogP) is 2.41. The van der Waals surface area contributed by atoms with Crippen molar-refractivity contribution in [2.45, 2.75) is 0 Å². The van der Waals surface area contributed by atoms with E-state index in [1.165, 1.54) is 0 Å². The van der Waals surface area contributed by atoms with Gasteiger partial charge in [0.25, 0.3) is 0 Å². The Morgan fingerprint density at radius 2 is 2.00 bits per heavy atom. The molecule has 0 unspecified atom stereocenters. The van der Waals surface area contributed by atoms with Crippen LogP contribution in [0.15, 0.2) is 47.2 Å². The van der Waals surface area contributed by atoms with Crippen molar-refractivity contribution in [3.8, 4) is 11.6 Å². The smallest absolute Gasteiger partial charge is 0.219 e. The molecule has 0 radical (unpaired) electrons. The van der Waals surface area contributed by atoms with Gasteiger partial charge in [-0.2, -0.15) is 0 Å². The molecule has 16 heavy (non-hydrogen) atoms. The minimum atomic E-state index is 0.512. The van der Waals surface area contributed by atoms with Crippen molar-refractivity contribution in [2.75, 3.05) is 0 Å². The van der Waals surface area contributed by atoms with E-state index in [0.717, 1.165) is 0 Å². The monoisotopic (exact) mass is 213 g/mol. The first-order valence-electron chi connectivity index (χ1n) is 4.74. The van der Waals surface area contributed by atoms with Crippen molar-refractivity contribution in [1.29, 1.82) is 0 Å². The van der Waals surface area contributed by atoms with Crippen molar-refractivity contribution in [3.63, 3.8) is 0 Å². The van der Waals surface area contributed by atoms with Crippen LogP contribution in [-0.4, -0.2) is 15.3 Å². The Labute approximate surface area is 90.6 Å². The molecular weight excluding hydrogens is 206 g/mol. The predicted molar refractivity (Wildman–Crippen MR) is 56.1 cm³/mol. The van der Waals surface area contributed by atoms with Crippen LogP contribution in [-0.2, 0) is 0 Å². The minimum absolute atomic E-state index is 0.512. The first-order chi connectivity index (χ1) is 7.93. The fourth-order valence-corrected chi connectivity index (χ4v) is 1.38. The summed E-state index contributed by atoms with van der Waals surface area (Å²) >= 11 is 0. The number of fused-ring (bicyclic) bond motifs is 1. The molecule has 0 spiro atoms. The lowest BCUT2D eigenvalue weighted by Crippen LogP contribution is -1.87. The van der Waals surface area contributed by atoms with Gasteiger partial charge in [0, 0.05) is 12.3 Å². The lowest BCUT2D eigenvalue weighted by molar-refractivity contribution is 0.314. The molecule has 0 bridgehead atoms. The Kier molecular flexibility index (Phi) is 2.00. The van der Waals surface area contributed by atoms with Crippen LogP contribution in [0.25, 0.3) is 11.0 Å². The van der Waals surface area contributed by atoms with E-state index in [2.05, 4.69) is 19.9 Å². The van der Waals surface area contributed by atoms with Gasteiger partial charge in [-0.25, -0.2) is 9.61 Å². The van der Waals surface area contributed by atoms with Gasteiger partial charge in [-0.3, -0.25) is 0 Å². The molecule has 0 atom stereocenters. The quantitative estimate of drug-likeness (QED) is 0.654. The summed E-state index contributed by atoms with van der Waals surface area (Å²) in [5.74, 6) is 1.09. The van der Waals surface area contributed by atoms with Gasteiger partial charge in [0.15, 0.2) is 11.3 Å². The van der Waals surface area contributed by atoms with Gasteiger partial charge in [0.1, 0.15) is 5.52 Å². The molecule has 2 heterocycles. The summed E-state index contributed by atoms with van der Waals surface area (Å²) in [6.07, 6.45) is 1.66. The number of rotatable bonds is 2. The standard InChI is InChI=1S/C11H7N3O2/c1-2-7-12-10(6-1)15-9-5-3-4-8-11(9)14-16-13-8/h1-7H. The molecule has 0 aliphatic heterocycles. The molecule has 0 aliphatic rings. The van der Waals surface area contributed by atoms with E-state index in [-0.39, 0.29) is 0 Å². The van der Waals surface area contributed by atoms with Gasteiger partial charge in [-0.05, 0) is 28.5 Å². The van der Waals surface area contributed by atoms with Crippen LogP contribution in [0.4, 0.5) is 0 Å². The molecule has 0 fully saturated rings.